The lowest BCUT2D eigenvalue weighted by Crippen LogP contribution is -2.37. The van der Waals surface area contributed by atoms with Gasteiger partial charge >= 0.3 is 0 Å². The Balaban J connectivity index is 2.44. The highest BCUT2D eigenvalue weighted by atomic mass is 32.2. The minimum Gasteiger partial charge on any atom is -0.215 e. The summed E-state index contributed by atoms with van der Waals surface area (Å²) in [5.74, 6) is 3.09. The Morgan fingerprint density at radius 2 is 2.36 bits per heavy atom. The zero-order valence-corrected chi connectivity index (χ0v) is 7.02. The molecule has 0 aliphatic carbocycles. The smallest absolute Gasteiger partial charge is 0.211 e. The highest BCUT2D eigenvalue weighted by Gasteiger charge is 2.21. The van der Waals surface area contributed by atoms with Crippen molar-refractivity contribution >= 4 is 10.0 Å². The van der Waals surface area contributed by atoms with E-state index in [0.717, 1.165) is 0 Å². The van der Waals surface area contributed by atoms with Gasteiger partial charge in [0.25, 0.3) is 0 Å². The molecule has 0 spiro atoms. The minimum atomic E-state index is -2.95. The van der Waals surface area contributed by atoms with Crippen LogP contribution in [0, 0.1) is 18.3 Å². The van der Waals surface area contributed by atoms with Crippen LogP contribution in [-0.4, -0.2) is 20.7 Å². The molecule has 1 N–H and O–H groups in total. The Labute approximate surface area is 67.2 Å². The lowest BCUT2D eigenvalue weighted by atomic mass is 10.0. The number of hydrogen-bond donors (Lipinski definition) is 1. The number of sulfonamides is 1. The van der Waals surface area contributed by atoms with Gasteiger partial charge in [0.1, 0.15) is 0 Å². The summed E-state index contributed by atoms with van der Waals surface area (Å²) in [5.41, 5.74) is 0. The largest absolute Gasteiger partial charge is 0.215 e. The summed E-state index contributed by atoms with van der Waals surface area (Å²) in [5, 5.41) is 0. The molecular weight excluding hydrogens is 162 g/mol. The first-order valence-corrected chi connectivity index (χ1v) is 5.20. The topological polar surface area (TPSA) is 46.2 Å². The lowest BCUT2D eigenvalue weighted by molar-refractivity contribution is 0.471. The first-order valence-electron chi connectivity index (χ1n) is 3.55. The van der Waals surface area contributed by atoms with E-state index in [4.69, 9.17) is 6.42 Å². The van der Waals surface area contributed by atoms with Gasteiger partial charge in [-0.1, -0.05) is 0 Å². The molecule has 1 atom stereocenters. The minimum absolute atomic E-state index is 0.222. The maximum atomic E-state index is 10.8. The molecule has 1 unspecified atom stereocenters. The Morgan fingerprint density at radius 1 is 1.64 bits per heavy atom. The van der Waals surface area contributed by atoms with Crippen LogP contribution in [0.15, 0.2) is 0 Å². The predicted octanol–water partition coefficient (Wildman–Crippen LogP) is -0.0510. The van der Waals surface area contributed by atoms with Gasteiger partial charge in [0.05, 0.1) is 5.75 Å². The van der Waals surface area contributed by atoms with E-state index in [-0.39, 0.29) is 5.75 Å². The van der Waals surface area contributed by atoms with Crippen LogP contribution >= 0.6 is 0 Å². The van der Waals surface area contributed by atoms with E-state index in [0.29, 0.717) is 25.3 Å². The molecule has 1 fully saturated rings. The van der Waals surface area contributed by atoms with Gasteiger partial charge in [-0.3, -0.25) is 0 Å². The maximum absolute atomic E-state index is 10.8. The van der Waals surface area contributed by atoms with Gasteiger partial charge in [0.15, 0.2) is 0 Å². The van der Waals surface area contributed by atoms with E-state index < -0.39 is 10.0 Å². The third-order valence-corrected chi connectivity index (χ3v) is 3.17. The van der Waals surface area contributed by atoms with Gasteiger partial charge in [-0.15, -0.1) is 12.3 Å². The summed E-state index contributed by atoms with van der Waals surface area (Å²) >= 11 is 0. The maximum Gasteiger partial charge on any atom is 0.211 e. The van der Waals surface area contributed by atoms with E-state index in [1.807, 2.05) is 0 Å². The molecule has 0 amide bonds. The van der Waals surface area contributed by atoms with Crippen molar-refractivity contribution in [1.29, 1.82) is 0 Å². The summed E-state index contributed by atoms with van der Waals surface area (Å²) in [7, 11) is -2.95. The van der Waals surface area contributed by atoms with Crippen molar-refractivity contribution in [2.45, 2.75) is 12.8 Å². The van der Waals surface area contributed by atoms with Gasteiger partial charge in [-0.25, -0.2) is 13.1 Å². The Bertz CT molecular complexity index is 249. The fourth-order valence-electron chi connectivity index (χ4n) is 1.08. The summed E-state index contributed by atoms with van der Waals surface area (Å²) < 4.78 is 24.1. The molecule has 1 rings (SSSR count). The van der Waals surface area contributed by atoms with E-state index >= 15 is 0 Å². The first kappa shape index (κ1) is 8.57. The van der Waals surface area contributed by atoms with Gasteiger partial charge in [-0.2, -0.15) is 0 Å². The molecule has 1 aliphatic rings. The van der Waals surface area contributed by atoms with E-state index in [1.54, 1.807) is 0 Å². The monoisotopic (exact) mass is 173 g/mol. The zero-order chi connectivity index (χ0) is 8.32. The second-order valence-corrected chi connectivity index (χ2v) is 4.66. The molecule has 3 nitrogen and oxygen atoms in total. The van der Waals surface area contributed by atoms with E-state index in [1.165, 1.54) is 0 Å². The summed E-state index contributed by atoms with van der Waals surface area (Å²) in [6, 6.07) is 0. The van der Waals surface area contributed by atoms with Gasteiger partial charge in [0.2, 0.25) is 10.0 Å². The SMILES string of the molecule is C#CCC1CCS(=O)(=O)NC1. The molecule has 0 aromatic heterocycles. The molecule has 1 heterocycles. The molecule has 0 radical (unpaired) electrons. The van der Waals surface area contributed by atoms with Crippen molar-refractivity contribution in [2.24, 2.45) is 5.92 Å². The number of nitrogens with one attached hydrogen (secondary N) is 1. The summed E-state index contributed by atoms with van der Waals surface area (Å²) in [6.45, 7) is 0.506. The molecule has 62 valence electrons. The van der Waals surface area contributed by atoms with Crippen molar-refractivity contribution in [3.63, 3.8) is 0 Å². The van der Waals surface area contributed by atoms with E-state index in [2.05, 4.69) is 10.6 Å². The molecule has 0 saturated carbocycles. The number of rotatable bonds is 1. The van der Waals surface area contributed by atoms with Crippen LogP contribution in [0.25, 0.3) is 0 Å². The Morgan fingerprint density at radius 3 is 2.82 bits per heavy atom. The van der Waals surface area contributed by atoms with Crippen LogP contribution in [0.4, 0.5) is 0 Å². The molecule has 1 aliphatic heterocycles. The number of hydrogen-bond acceptors (Lipinski definition) is 2. The number of terminal acetylenes is 1. The van der Waals surface area contributed by atoms with Crippen molar-refractivity contribution in [1.82, 2.24) is 4.72 Å². The molecular formula is C7H11NO2S. The second kappa shape index (κ2) is 3.24. The van der Waals surface area contributed by atoms with Crippen LogP contribution in [0.2, 0.25) is 0 Å². The fourth-order valence-corrected chi connectivity index (χ4v) is 2.36. The van der Waals surface area contributed by atoms with Crippen molar-refractivity contribution in [2.75, 3.05) is 12.3 Å². The van der Waals surface area contributed by atoms with Crippen molar-refractivity contribution in [3.05, 3.63) is 0 Å². The van der Waals surface area contributed by atoms with Crippen molar-refractivity contribution in [3.8, 4) is 12.3 Å². The fraction of sp³-hybridized carbons (Fsp3) is 0.714. The van der Waals surface area contributed by atoms with Crippen molar-refractivity contribution < 1.29 is 8.42 Å². The van der Waals surface area contributed by atoms with Gasteiger partial charge < -0.3 is 0 Å². The standard InChI is InChI=1S/C7H11NO2S/c1-2-3-7-4-5-11(9,10)8-6-7/h1,7-8H,3-6H2. The summed E-state index contributed by atoms with van der Waals surface area (Å²) in [6.07, 6.45) is 6.46. The Kier molecular flexibility index (Phi) is 2.53. The third-order valence-electron chi connectivity index (χ3n) is 1.79. The summed E-state index contributed by atoms with van der Waals surface area (Å²) in [4.78, 5) is 0. The van der Waals surface area contributed by atoms with Crippen LogP contribution in [0.3, 0.4) is 0 Å². The molecule has 11 heavy (non-hydrogen) atoms. The van der Waals surface area contributed by atoms with Gasteiger partial charge in [-0.05, 0) is 12.3 Å². The quantitative estimate of drug-likeness (QED) is 0.565. The molecule has 1 saturated heterocycles. The molecule has 0 bridgehead atoms. The average Bonchev–Trinajstić information content (AvgIpc) is 1.94. The Hall–Kier alpha value is -0.530. The zero-order valence-electron chi connectivity index (χ0n) is 6.21. The molecule has 0 aromatic rings. The van der Waals surface area contributed by atoms with Crippen LogP contribution in [0.1, 0.15) is 12.8 Å². The van der Waals surface area contributed by atoms with Gasteiger partial charge in [0, 0.05) is 13.0 Å². The highest BCUT2D eigenvalue weighted by molar-refractivity contribution is 7.89. The molecule has 4 heteroatoms. The second-order valence-electron chi connectivity index (χ2n) is 2.73. The highest BCUT2D eigenvalue weighted by Crippen LogP contribution is 2.12. The lowest BCUT2D eigenvalue weighted by Gasteiger charge is -2.20. The molecule has 0 aromatic carbocycles. The first-order chi connectivity index (χ1) is 5.14. The normalized spacial score (nSPS) is 29.2. The van der Waals surface area contributed by atoms with Crippen LogP contribution in [0.5, 0.6) is 0 Å². The van der Waals surface area contributed by atoms with Crippen LogP contribution in [-0.2, 0) is 10.0 Å². The van der Waals surface area contributed by atoms with Crippen LogP contribution < -0.4 is 4.72 Å². The average molecular weight is 173 g/mol. The third kappa shape index (κ3) is 2.52. The predicted molar refractivity (Wildman–Crippen MR) is 43.3 cm³/mol. The van der Waals surface area contributed by atoms with E-state index in [9.17, 15) is 8.42 Å².